The van der Waals surface area contributed by atoms with Crippen molar-refractivity contribution in [3.05, 3.63) is 71.8 Å². The summed E-state index contributed by atoms with van der Waals surface area (Å²) in [5.74, 6) is 0.438. The van der Waals surface area contributed by atoms with Crippen LogP contribution in [0.1, 0.15) is 23.5 Å². The topological polar surface area (TPSA) is 9.23 Å². The summed E-state index contributed by atoms with van der Waals surface area (Å²) < 4.78 is 5.89. The minimum atomic E-state index is -1.36. The SMILES string of the molecule is C[Si](C)(C)OCCC1[C-]=Cc2ccccc21.[Cl-].[Cl-].[Zr+4].c1cc[cH-]c1. The van der Waals surface area contributed by atoms with Crippen LogP contribution in [0.3, 0.4) is 0 Å². The van der Waals surface area contributed by atoms with Crippen LogP contribution in [0.15, 0.2) is 54.6 Å². The fourth-order valence-corrected chi connectivity index (χ4v) is 3.01. The Morgan fingerprint density at radius 1 is 1.04 bits per heavy atom. The van der Waals surface area contributed by atoms with Crippen molar-refractivity contribution >= 4 is 14.4 Å². The van der Waals surface area contributed by atoms with Crippen LogP contribution in [0, 0.1) is 6.08 Å². The third-order valence-corrected chi connectivity index (χ3v) is 4.38. The van der Waals surface area contributed by atoms with Gasteiger partial charge in [0.05, 0.1) is 0 Å². The van der Waals surface area contributed by atoms with Crippen LogP contribution in [0.5, 0.6) is 0 Å². The third-order valence-electron chi connectivity index (χ3n) is 3.31. The number of fused-ring (bicyclic) bond motifs is 1. The van der Waals surface area contributed by atoms with Gasteiger partial charge in [0.2, 0.25) is 0 Å². The van der Waals surface area contributed by atoms with Crippen molar-refractivity contribution in [3.63, 3.8) is 0 Å². The quantitative estimate of drug-likeness (QED) is 0.433. The molecule has 3 rings (SSSR count). The first-order valence-electron chi connectivity index (χ1n) is 7.55. The second kappa shape index (κ2) is 13.2. The van der Waals surface area contributed by atoms with E-state index in [0.717, 1.165) is 13.0 Å². The number of rotatable bonds is 4. The van der Waals surface area contributed by atoms with E-state index in [9.17, 15) is 0 Å². The predicted octanol–water partition coefficient (Wildman–Crippen LogP) is -0.747. The van der Waals surface area contributed by atoms with Crippen LogP contribution in [-0.4, -0.2) is 14.9 Å². The van der Waals surface area contributed by atoms with Gasteiger partial charge in [-0.2, -0.15) is 23.8 Å². The molecule has 1 unspecified atom stereocenters. The molecule has 0 bridgehead atoms. The maximum absolute atomic E-state index is 5.89. The summed E-state index contributed by atoms with van der Waals surface area (Å²) in [7, 11) is -1.36. The van der Waals surface area contributed by atoms with Crippen LogP contribution < -0.4 is 24.8 Å². The van der Waals surface area contributed by atoms with Crippen LogP contribution in [0.4, 0.5) is 0 Å². The van der Waals surface area contributed by atoms with Gasteiger partial charge in [0.1, 0.15) is 0 Å². The summed E-state index contributed by atoms with van der Waals surface area (Å²) in [6.07, 6.45) is 6.58. The van der Waals surface area contributed by atoms with Gasteiger partial charge in [0.25, 0.3) is 0 Å². The van der Waals surface area contributed by atoms with Crippen molar-refractivity contribution in [1.82, 2.24) is 0 Å². The van der Waals surface area contributed by atoms with Crippen LogP contribution in [0.25, 0.3) is 6.08 Å². The predicted molar refractivity (Wildman–Crippen MR) is 92.8 cm³/mol. The van der Waals surface area contributed by atoms with E-state index in [-0.39, 0.29) is 51.0 Å². The Bertz CT molecular complexity index is 548. The maximum atomic E-state index is 5.89. The monoisotopic (exact) mass is 456 g/mol. The summed E-state index contributed by atoms with van der Waals surface area (Å²) in [5, 5.41) is 0. The molecule has 128 valence electrons. The van der Waals surface area contributed by atoms with E-state index in [1.807, 2.05) is 30.3 Å². The molecule has 0 heterocycles. The first kappa shape index (κ1) is 26.2. The van der Waals surface area contributed by atoms with E-state index in [1.54, 1.807) is 0 Å². The molecule has 1 aliphatic rings. The fourth-order valence-electron chi connectivity index (χ4n) is 2.28. The molecule has 0 saturated carbocycles. The van der Waals surface area contributed by atoms with E-state index in [2.05, 4.69) is 56.1 Å². The van der Waals surface area contributed by atoms with Crippen LogP contribution in [0.2, 0.25) is 19.6 Å². The Labute approximate surface area is 179 Å². The molecule has 2 aromatic carbocycles. The Kier molecular flexibility index (Phi) is 14.4. The molecule has 24 heavy (non-hydrogen) atoms. The number of halogens is 2. The molecule has 1 aliphatic carbocycles. The molecule has 0 spiro atoms. The molecule has 2 aromatic rings. The Morgan fingerprint density at radius 3 is 2.21 bits per heavy atom. The summed E-state index contributed by atoms with van der Waals surface area (Å²) >= 11 is 0. The normalized spacial score (nSPS) is 14.2. The minimum Gasteiger partial charge on any atom is -1.00 e. The van der Waals surface area contributed by atoms with Crippen molar-refractivity contribution in [2.45, 2.75) is 32.0 Å². The van der Waals surface area contributed by atoms with Crippen LogP contribution in [-0.2, 0) is 30.6 Å². The van der Waals surface area contributed by atoms with Crippen molar-refractivity contribution in [3.8, 4) is 0 Å². The molecular formula is C19H24Cl2OSiZr. The average molecular weight is 459 g/mol. The smallest absolute Gasteiger partial charge is 1.00 e. The molecule has 1 nitrogen and oxygen atoms in total. The number of hydrogen-bond acceptors (Lipinski definition) is 1. The Morgan fingerprint density at radius 2 is 1.67 bits per heavy atom. The number of benzene rings is 1. The largest absolute Gasteiger partial charge is 4.00 e. The van der Waals surface area contributed by atoms with Gasteiger partial charge >= 0.3 is 26.2 Å². The number of hydrogen-bond donors (Lipinski definition) is 0. The molecule has 0 N–H and O–H groups in total. The van der Waals surface area contributed by atoms with E-state index < -0.39 is 8.32 Å². The molecule has 1 atom stereocenters. The minimum absolute atomic E-state index is 0. The summed E-state index contributed by atoms with van der Waals surface area (Å²) in [6, 6.07) is 18.5. The molecule has 5 heteroatoms. The van der Waals surface area contributed by atoms with Gasteiger partial charge in [-0.15, -0.1) is 11.6 Å². The molecule has 0 fully saturated rings. The zero-order valence-electron chi connectivity index (χ0n) is 14.4. The van der Waals surface area contributed by atoms with E-state index in [1.165, 1.54) is 11.1 Å². The van der Waals surface area contributed by atoms with Crippen LogP contribution >= 0.6 is 0 Å². The molecular weight excluding hydrogens is 434 g/mol. The standard InChI is InChI=1S/C14H19OSi.C5H5.2ClH.Zr/c1-16(2,3)15-11-10-13-9-8-12-6-4-5-7-14(12)13;1-2-4-5-3-1;;;/h4-8,13H,10-11H2,1-3H3;1-5H;2*1H;/q2*-1;;;+4/p-2. The fraction of sp³-hybridized carbons (Fsp3) is 0.316. The average Bonchev–Trinajstić information content (AvgIpc) is 3.10. The Balaban J connectivity index is 0. The van der Waals surface area contributed by atoms with Crippen molar-refractivity contribution in [1.29, 1.82) is 0 Å². The van der Waals surface area contributed by atoms with Crippen molar-refractivity contribution in [2.75, 3.05) is 6.61 Å². The number of allylic oxidation sites excluding steroid dienone is 1. The summed E-state index contributed by atoms with van der Waals surface area (Å²) in [4.78, 5) is 0. The van der Waals surface area contributed by atoms with Gasteiger partial charge in [0.15, 0.2) is 8.32 Å². The molecule has 0 saturated heterocycles. The van der Waals surface area contributed by atoms with Crippen molar-refractivity contribution < 1.29 is 55.4 Å². The van der Waals surface area contributed by atoms with E-state index in [4.69, 9.17) is 4.43 Å². The van der Waals surface area contributed by atoms with Gasteiger partial charge in [-0.1, -0.05) is 24.1 Å². The first-order valence-corrected chi connectivity index (χ1v) is 11.0. The third kappa shape index (κ3) is 9.44. The van der Waals surface area contributed by atoms with Gasteiger partial charge in [-0.05, 0) is 26.1 Å². The van der Waals surface area contributed by atoms with E-state index in [0.29, 0.717) is 5.92 Å². The summed E-state index contributed by atoms with van der Waals surface area (Å²) in [6.45, 7) is 7.55. The maximum Gasteiger partial charge on any atom is 4.00 e. The Hall–Kier alpha value is -0.0500. The molecule has 0 radical (unpaired) electrons. The first-order chi connectivity index (χ1) is 10.1. The van der Waals surface area contributed by atoms with Gasteiger partial charge < -0.3 is 29.2 Å². The zero-order valence-corrected chi connectivity index (χ0v) is 19.4. The second-order valence-electron chi connectivity index (χ2n) is 6.20. The van der Waals surface area contributed by atoms with E-state index >= 15 is 0 Å². The zero-order chi connectivity index (χ0) is 15.1. The van der Waals surface area contributed by atoms with Gasteiger partial charge in [-0.25, -0.2) is 18.2 Å². The molecule has 0 aromatic heterocycles. The summed E-state index contributed by atoms with van der Waals surface area (Å²) in [5.41, 5.74) is 2.72. The molecule has 0 amide bonds. The van der Waals surface area contributed by atoms with Crippen molar-refractivity contribution in [2.24, 2.45) is 0 Å². The second-order valence-corrected chi connectivity index (χ2v) is 10.7. The molecule has 0 aliphatic heterocycles. The van der Waals surface area contributed by atoms with Gasteiger partial charge in [0, 0.05) is 6.61 Å². The van der Waals surface area contributed by atoms with Gasteiger partial charge in [-0.3, -0.25) is 6.08 Å².